The van der Waals surface area contributed by atoms with Crippen molar-refractivity contribution in [1.82, 2.24) is 9.78 Å². The molecule has 2 nitrogen and oxygen atoms in total. The summed E-state index contributed by atoms with van der Waals surface area (Å²) in [5.74, 6) is 0.768. The van der Waals surface area contributed by atoms with E-state index in [1.165, 1.54) is 50.6 Å². The summed E-state index contributed by atoms with van der Waals surface area (Å²) in [6, 6.07) is 2.88. The van der Waals surface area contributed by atoms with E-state index >= 15 is 0 Å². The highest BCUT2D eigenvalue weighted by molar-refractivity contribution is 6.20. The second-order valence-electron chi connectivity index (χ2n) is 5.71. The van der Waals surface area contributed by atoms with Crippen LogP contribution in [0.5, 0.6) is 0 Å². The summed E-state index contributed by atoms with van der Waals surface area (Å²) in [4.78, 5) is 0. The van der Waals surface area contributed by atoms with Crippen LogP contribution in [0.4, 0.5) is 0 Å². The highest BCUT2D eigenvalue weighted by atomic mass is 35.5. The number of nitrogens with zero attached hydrogens (tertiary/aromatic N) is 2. The Morgan fingerprint density at radius 2 is 2.06 bits per heavy atom. The molecule has 2 fully saturated rings. The number of rotatable bonds is 3. The number of alkyl halides is 1. The molecule has 0 aliphatic heterocycles. The van der Waals surface area contributed by atoms with Gasteiger partial charge in [-0.1, -0.05) is 12.8 Å². The lowest BCUT2D eigenvalue weighted by atomic mass is 10.0. The first-order chi connectivity index (χ1) is 8.31. The Morgan fingerprint density at radius 3 is 2.76 bits per heavy atom. The molecule has 2 atom stereocenters. The van der Waals surface area contributed by atoms with Gasteiger partial charge in [0, 0.05) is 11.6 Å². The number of halogens is 1. The molecule has 2 saturated carbocycles. The zero-order valence-electron chi connectivity index (χ0n) is 10.3. The third-order valence-corrected chi connectivity index (χ3v) is 4.73. The molecule has 0 amide bonds. The van der Waals surface area contributed by atoms with Crippen molar-refractivity contribution in [3.05, 3.63) is 18.0 Å². The van der Waals surface area contributed by atoms with Crippen molar-refractivity contribution in [3.63, 3.8) is 0 Å². The second kappa shape index (κ2) is 5.01. The van der Waals surface area contributed by atoms with Crippen LogP contribution >= 0.6 is 11.6 Å². The van der Waals surface area contributed by atoms with Gasteiger partial charge in [-0.2, -0.15) is 5.10 Å². The maximum Gasteiger partial charge on any atom is 0.0627 e. The largest absolute Gasteiger partial charge is 0.269 e. The fourth-order valence-electron chi connectivity index (χ4n) is 3.35. The Labute approximate surface area is 108 Å². The molecule has 0 N–H and O–H groups in total. The minimum absolute atomic E-state index is 0.414. The predicted octanol–water partition coefficient (Wildman–Crippen LogP) is 3.95. The molecule has 0 aromatic carbocycles. The fraction of sp³-hybridized carbons (Fsp3) is 0.786. The molecule has 0 spiro atoms. The van der Waals surface area contributed by atoms with Crippen LogP contribution in [0.2, 0.25) is 0 Å². The van der Waals surface area contributed by atoms with Crippen LogP contribution in [0, 0.1) is 5.92 Å². The second-order valence-corrected chi connectivity index (χ2v) is 6.32. The van der Waals surface area contributed by atoms with Gasteiger partial charge in [-0.05, 0) is 50.5 Å². The normalized spacial score (nSPS) is 30.2. The van der Waals surface area contributed by atoms with E-state index in [-0.39, 0.29) is 0 Å². The van der Waals surface area contributed by atoms with Gasteiger partial charge in [-0.25, -0.2) is 0 Å². The van der Waals surface area contributed by atoms with Gasteiger partial charge >= 0.3 is 0 Å². The van der Waals surface area contributed by atoms with Gasteiger partial charge in [0.25, 0.3) is 0 Å². The molecular weight excluding hydrogens is 232 g/mol. The third-order valence-electron chi connectivity index (χ3n) is 4.34. The summed E-state index contributed by atoms with van der Waals surface area (Å²) in [6.45, 7) is 0. The summed E-state index contributed by atoms with van der Waals surface area (Å²) in [5, 5.41) is 5.17. The monoisotopic (exact) mass is 252 g/mol. The molecule has 1 aromatic heterocycles. The Bertz CT molecular complexity index is 368. The van der Waals surface area contributed by atoms with Gasteiger partial charge in [-0.15, -0.1) is 11.6 Å². The van der Waals surface area contributed by atoms with Crippen LogP contribution in [0.1, 0.15) is 56.7 Å². The topological polar surface area (TPSA) is 17.8 Å². The van der Waals surface area contributed by atoms with Crippen molar-refractivity contribution >= 4 is 11.6 Å². The van der Waals surface area contributed by atoms with Gasteiger partial charge < -0.3 is 0 Å². The fourth-order valence-corrected chi connectivity index (χ4v) is 3.73. The van der Waals surface area contributed by atoms with Crippen molar-refractivity contribution in [2.45, 2.75) is 62.8 Å². The average molecular weight is 253 g/mol. The molecule has 3 rings (SSSR count). The van der Waals surface area contributed by atoms with Gasteiger partial charge in [0.05, 0.1) is 11.7 Å². The molecule has 3 heteroatoms. The van der Waals surface area contributed by atoms with Gasteiger partial charge in [-0.3, -0.25) is 4.68 Å². The zero-order chi connectivity index (χ0) is 11.7. The molecule has 94 valence electrons. The Morgan fingerprint density at radius 1 is 1.24 bits per heavy atom. The Hall–Kier alpha value is -0.500. The summed E-state index contributed by atoms with van der Waals surface area (Å²) >= 11 is 6.16. The summed E-state index contributed by atoms with van der Waals surface area (Å²) in [5.41, 5.74) is 1.27. The maximum absolute atomic E-state index is 6.16. The van der Waals surface area contributed by atoms with Gasteiger partial charge in [0.2, 0.25) is 0 Å². The van der Waals surface area contributed by atoms with E-state index in [1.54, 1.807) is 0 Å². The highest BCUT2D eigenvalue weighted by Crippen LogP contribution is 2.32. The predicted molar refractivity (Wildman–Crippen MR) is 70.4 cm³/mol. The lowest BCUT2D eigenvalue weighted by Gasteiger charge is -2.10. The zero-order valence-corrected chi connectivity index (χ0v) is 11.1. The van der Waals surface area contributed by atoms with E-state index in [9.17, 15) is 0 Å². The molecular formula is C14H21ClN2. The smallest absolute Gasteiger partial charge is 0.0627 e. The van der Waals surface area contributed by atoms with Crippen LogP contribution in [0.15, 0.2) is 12.3 Å². The van der Waals surface area contributed by atoms with E-state index in [0.717, 1.165) is 12.3 Å². The Balaban J connectivity index is 1.60. The van der Waals surface area contributed by atoms with E-state index in [0.29, 0.717) is 11.4 Å². The number of aromatic nitrogens is 2. The number of hydrogen-bond donors (Lipinski definition) is 0. The molecule has 2 unspecified atom stereocenters. The summed E-state index contributed by atoms with van der Waals surface area (Å²) in [6.07, 6.45) is 12.3. The summed E-state index contributed by atoms with van der Waals surface area (Å²) in [7, 11) is 0. The van der Waals surface area contributed by atoms with Crippen LogP contribution in [0.3, 0.4) is 0 Å². The molecule has 0 bridgehead atoms. The van der Waals surface area contributed by atoms with E-state index in [2.05, 4.69) is 16.9 Å². The Kier molecular flexibility index (Phi) is 3.41. The standard InChI is InChI=1S/C14H21ClN2/c15-12-6-5-11(9-12)10-13-7-8-17(16-13)14-3-1-2-4-14/h7-8,11-12,14H,1-6,9-10H2. The van der Waals surface area contributed by atoms with Crippen LogP contribution in [-0.2, 0) is 6.42 Å². The molecule has 2 aliphatic carbocycles. The minimum Gasteiger partial charge on any atom is -0.269 e. The lowest BCUT2D eigenvalue weighted by Crippen LogP contribution is -2.07. The number of hydrogen-bond acceptors (Lipinski definition) is 1. The van der Waals surface area contributed by atoms with Crippen molar-refractivity contribution < 1.29 is 0 Å². The lowest BCUT2D eigenvalue weighted by molar-refractivity contribution is 0.455. The minimum atomic E-state index is 0.414. The molecule has 0 saturated heterocycles. The van der Waals surface area contributed by atoms with Crippen LogP contribution in [-0.4, -0.2) is 15.2 Å². The van der Waals surface area contributed by atoms with Gasteiger partial charge in [0.15, 0.2) is 0 Å². The van der Waals surface area contributed by atoms with Crippen molar-refractivity contribution in [2.75, 3.05) is 0 Å². The van der Waals surface area contributed by atoms with Crippen LogP contribution in [0.25, 0.3) is 0 Å². The maximum atomic E-state index is 6.16. The van der Waals surface area contributed by atoms with Crippen molar-refractivity contribution in [1.29, 1.82) is 0 Å². The summed E-state index contributed by atoms with van der Waals surface area (Å²) < 4.78 is 2.20. The van der Waals surface area contributed by atoms with E-state index < -0.39 is 0 Å². The molecule has 17 heavy (non-hydrogen) atoms. The van der Waals surface area contributed by atoms with Crippen molar-refractivity contribution in [2.24, 2.45) is 5.92 Å². The van der Waals surface area contributed by atoms with Crippen molar-refractivity contribution in [3.8, 4) is 0 Å². The first kappa shape index (κ1) is 11.6. The SMILES string of the molecule is ClC1CCC(Cc2ccn(C3CCCC3)n2)C1. The highest BCUT2D eigenvalue weighted by Gasteiger charge is 2.24. The molecule has 1 aromatic rings. The molecule has 0 radical (unpaired) electrons. The van der Waals surface area contributed by atoms with E-state index in [1.807, 2.05) is 0 Å². The van der Waals surface area contributed by atoms with Gasteiger partial charge in [0.1, 0.15) is 0 Å². The van der Waals surface area contributed by atoms with E-state index in [4.69, 9.17) is 16.7 Å². The first-order valence-electron chi connectivity index (χ1n) is 6.99. The molecule has 1 heterocycles. The molecule has 2 aliphatic rings. The third kappa shape index (κ3) is 2.67. The average Bonchev–Trinajstić information content (AvgIpc) is 3.00. The van der Waals surface area contributed by atoms with Crippen LogP contribution < -0.4 is 0 Å². The quantitative estimate of drug-likeness (QED) is 0.745. The first-order valence-corrected chi connectivity index (χ1v) is 7.43.